The normalized spacial score (nSPS) is 11.3. The zero-order valence-corrected chi connectivity index (χ0v) is 27.2. The summed E-state index contributed by atoms with van der Waals surface area (Å²) in [6.07, 6.45) is 0. The fourth-order valence-electron chi connectivity index (χ4n) is 6.78. The van der Waals surface area contributed by atoms with E-state index in [9.17, 15) is 8.78 Å². The van der Waals surface area contributed by atoms with Crippen LogP contribution < -0.4 is 0 Å². The van der Waals surface area contributed by atoms with Gasteiger partial charge in [0.1, 0.15) is 11.6 Å². The van der Waals surface area contributed by atoms with Crippen LogP contribution in [-0.4, -0.2) is 19.5 Å². The van der Waals surface area contributed by atoms with E-state index in [1.165, 1.54) is 12.1 Å². The Hall–Kier alpha value is -6.79. The molecule has 0 saturated heterocycles. The number of aromatic nitrogens is 4. The molecular formula is C45H28F2N4. The van der Waals surface area contributed by atoms with Crippen LogP contribution in [0.25, 0.3) is 83.9 Å². The van der Waals surface area contributed by atoms with Gasteiger partial charge in [0, 0.05) is 33.5 Å². The van der Waals surface area contributed by atoms with Crippen LogP contribution in [0.15, 0.2) is 170 Å². The monoisotopic (exact) mass is 662 g/mol. The van der Waals surface area contributed by atoms with Gasteiger partial charge in [0.25, 0.3) is 0 Å². The van der Waals surface area contributed by atoms with Gasteiger partial charge in [-0.2, -0.15) is 0 Å². The largest absolute Gasteiger partial charge is 0.308 e. The van der Waals surface area contributed by atoms with E-state index in [-0.39, 0.29) is 0 Å². The van der Waals surface area contributed by atoms with Crippen molar-refractivity contribution < 1.29 is 8.78 Å². The fourth-order valence-corrected chi connectivity index (χ4v) is 6.78. The first-order valence-corrected chi connectivity index (χ1v) is 16.7. The van der Waals surface area contributed by atoms with Gasteiger partial charge >= 0.3 is 0 Å². The second-order valence-electron chi connectivity index (χ2n) is 12.4. The van der Waals surface area contributed by atoms with Gasteiger partial charge in [-0.3, -0.25) is 0 Å². The van der Waals surface area contributed by atoms with E-state index < -0.39 is 11.6 Å². The second kappa shape index (κ2) is 12.6. The molecule has 4 nitrogen and oxygen atoms in total. The van der Waals surface area contributed by atoms with Crippen LogP contribution in [0.5, 0.6) is 0 Å². The van der Waals surface area contributed by atoms with Crippen LogP contribution in [0.1, 0.15) is 0 Å². The van der Waals surface area contributed by atoms with Gasteiger partial charge < -0.3 is 4.57 Å². The molecule has 0 amide bonds. The van der Waals surface area contributed by atoms with Crippen LogP contribution >= 0.6 is 0 Å². The Morgan fingerprint density at radius 3 is 1.51 bits per heavy atom. The van der Waals surface area contributed by atoms with Crippen molar-refractivity contribution in [3.8, 4) is 62.1 Å². The van der Waals surface area contributed by atoms with Crippen molar-refractivity contribution in [2.75, 3.05) is 0 Å². The van der Waals surface area contributed by atoms with Crippen LogP contribution in [0.2, 0.25) is 0 Å². The number of fused-ring (bicyclic) bond motifs is 3. The summed E-state index contributed by atoms with van der Waals surface area (Å²) in [5.74, 6) is 0.270. The minimum atomic E-state index is -0.640. The van der Waals surface area contributed by atoms with Crippen molar-refractivity contribution in [3.63, 3.8) is 0 Å². The van der Waals surface area contributed by atoms with Gasteiger partial charge in [-0.1, -0.05) is 121 Å². The minimum Gasteiger partial charge on any atom is -0.308 e. The second-order valence-corrected chi connectivity index (χ2v) is 12.4. The van der Waals surface area contributed by atoms with Gasteiger partial charge in [0.05, 0.1) is 16.7 Å². The molecule has 0 aliphatic heterocycles. The molecule has 0 fully saturated rings. The molecule has 0 atom stereocenters. The summed E-state index contributed by atoms with van der Waals surface area (Å²) in [5, 5.41) is 2.15. The Morgan fingerprint density at radius 2 is 0.863 bits per heavy atom. The Balaban J connectivity index is 1.35. The molecule has 242 valence electrons. The van der Waals surface area contributed by atoms with E-state index in [1.807, 2.05) is 109 Å². The minimum absolute atomic E-state index is 0.429. The number of halogens is 2. The molecular weight excluding hydrogens is 635 g/mol. The lowest BCUT2D eigenvalue weighted by Gasteiger charge is -2.16. The first-order valence-electron chi connectivity index (χ1n) is 16.7. The molecule has 0 saturated carbocycles. The highest BCUT2D eigenvalue weighted by molar-refractivity contribution is 6.11. The molecule has 0 N–H and O–H groups in total. The van der Waals surface area contributed by atoms with Crippen LogP contribution in [-0.2, 0) is 0 Å². The molecule has 9 aromatic rings. The predicted octanol–water partition coefficient (Wildman–Crippen LogP) is 11.6. The van der Waals surface area contributed by atoms with Crippen LogP contribution in [0, 0.1) is 11.6 Å². The average molecular weight is 663 g/mol. The van der Waals surface area contributed by atoms with Crippen molar-refractivity contribution >= 4 is 21.8 Å². The summed E-state index contributed by atoms with van der Waals surface area (Å²) in [7, 11) is 0. The lowest BCUT2D eigenvalue weighted by molar-refractivity contribution is 0.584. The summed E-state index contributed by atoms with van der Waals surface area (Å²) in [6, 6.07) is 54.1. The van der Waals surface area contributed by atoms with Crippen molar-refractivity contribution in [1.82, 2.24) is 19.5 Å². The molecule has 51 heavy (non-hydrogen) atoms. The predicted molar refractivity (Wildman–Crippen MR) is 201 cm³/mol. The maximum Gasteiger partial charge on any atom is 0.166 e. The van der Waals surface area contributed by atoms with Crippen molar-refractivity contribution in [3.05, 3.63) is 181 Å². The lowest BCUT2D eigenvalue weighted by Crippen LogP contribution is -2.04. The van der Waals surface area contributed by atoms with E-state index in [0.29, 0.717) is 28.6 Å². The molecule has 7 aromatic carbocycles. The Kier molecular flexibility index (Phi) is 7.47. The number of para-hydroxylation sites is 1. The molecule has 0 bridgehead atoms. The number of hydrogen-bond donors (Lipinski definition) is 0. The van der Waals surface area contributed by atoms with E-state index in [2.05, 4.69) is 47.0 Å². The molecule has 9 rings (SSSR count). The smallest absolute Gasteiger partial charge is 0.166 e. The summed E-state index contributed by atoms with van der Waals surface area (Å²) < 4.78 is 31.3. The highest BCUT2D eigenvalue weighted by Gasteiger charge is 2.21. The molecule has 0 unspecified atom stereocenters. The van der Waals surface area contributed by atoms with E-state index in [0.717, 1.165) is 61.4 Å². The van der Waals surface area contributed by atoms with Crippen LogP contribution in [0.3, 0.4) is 0 Å². The molecule has 0 spiro atoms. The van der Waals surface area contributed by atoms with Gasteiger partial charge in [-0.25, -0.2) is 23.7 Å². The van der Waals surface area contributed by atoms with Gasteiger partial charge in [-0.05, 0) is 64.7 Å². The third-order valence-corrected chi connectivity index (χ3v) is 9.15. The molecule has 6 heteroatoms. The Bertz CT molecular complexity index is 2630. The van der Waals surface area contributed by atoms with Crippen molar-refractivity contribution in [2.24, 2.45) is 0 Å². The third kappa shape index (κ3) is 5.63. The number of rotatable bonds is 6. The summed E-state index contributed by atoms with van der Waals surface area (Å²) in [4.78, 5) is 15.0. The molecule has 0 aliphatic carbocycles. The third-order valence-electron chi connectivity index (χ3n) is 9.15. The maximum atomic E-state index is 14.6. The quantitative estimate of drug-likeness (QED) is 0.178. The van der Waals surface area contributed by atoms with Gasteiger partial charge in [0.2, 0.25) is 0 Å². The lowest BCUT2D eigenvalue weighted by atomic mass is 10.0. The number of nitrogens with zero attached hydrogens (tertiary/aromatic N) is 4. The highest BCUT2D eigenvalue weighted by Crippen LogP contribution is 2.39. The van der Waals surface area contributed by atoms with Crippen molar-refractivity contribution in [1.29, 1.82) is 0 Å². The van der Waals surface area contributed by atoms with E-state index >= 15 is 0 Å². The standard InChI is InChI=1S/C45H28F2N4/c46-35-24-34(25-36(47)28-35)33-20-22-38(45-49-43(30-14-6-2-7-15-30)48-44(50-45)31-16-8-3-9-17-31)42(27-33)51-40-19-11-10-18-37(40)39-26-32(21-23-41(39)51)29-12-4-1-5-13-29/h1-28H. The zero-order chi connectivity index (χ0) is 34.3. The van der Waals surface area contributed by atoms with E-state index in [4.69, 9.17) is 15.0 Å². The number of benzene rings is 7. The molecule has 0 aliphatic rings. The summed E-state index contributed by atoms with van der Waals surface area (Å²) in [5.41, 5.74) is 8.48. The summed E-state index contributed by atoms with van der Waals surface area (Å²) >= 11 is 0. The van der Waals surface area contributed by atoms with E-state index in [1.54, 1.807) is 0 Å². The first-order chi connectivity index (χ1) is 25.1. The summed E-state index contributed by atoms with van der Waals surface area (Å²) in [6.45, 7) is 0. The van der Waals surface area contributed by atoms with Crippen molar-refractivity contribution in [2.45, 2.75) is 0 Å². The SMILES string of the molecule is Fc1cc(F)cc(-c2ccc(-c3nc(-c4ccccc4)nc(-c4ccccc4)n3)c(-n3c4ccccc4c4cc(-c5ccccc5)ccc43)c2)c1. The fraction of sp³-hybridized carbons (Fsp3) is 0. The highest BCUT2D eigenvalue weighted by atomic mass is 19.1. The molecule has 2 heterocycles. The maximum absolute atomic E-state index is 14.6. The molecule has 2 aromatic heterocycles. The topological polar surface area (TPSA) is 43.6 Å². The number of hydrogen-bond acceptors (Lipinski definition) is 3. The average Bonchev–Trinajstić information content (AvgIpc) is 3.52. The zero-order valence-electron chi connectivity index (χ0n) is 27.2. The van der Waals surface area contributed by atoms with Gasteiger partial charge in [-0.15, -0.1) is 0 Å². The first kappa shape index (κ1) is 30.3. The van der Waals surface area contributed by atoms with Gasteiger partial charge in [0.15, 0.2) is 17.5 Å². The Labute approximate surface area is 293 Å². The van der Waals surface area contributed by atoms with Crippen LogP contribution in [0.4, 0.5) is 8.78 Å². The Morgan fingerprint density at radius 1 is 0.353 bits per heavy atom. The molecule has 0 radical (unpaired) electrons.